The van der Waals surface area contributed by atoms with E-state index < -0.39 is 5.82 Å². The van der Waals surface area contributed by atoms with Gasteiger partial charge in [-0.15, -0.1) is 0 Å². The number of nitrogens with one attached hydrogen (secondary N) is 1. The zero-order valence-corrected chi connectivity index (χ0v) is 19.6. The van der Waals surface area contributed by atoms with E-state index in [1.54, 1.807) is 0 Å². The second-order valence-corrected chi connectivity index (χ2v) is 9.04. The van der Waals surface area contributed by atoms with Gasteiger partial charge >= 0.3 is 0 Å². The predicted octanol–water partition coefficient (Wildman–Crippen LogP) is 4.47. The Hall–Kier alpha value is -3.89. The number of halogens is 1. The molecule has 0 bridgehead atoms. The number of piperazine rings is 1. The normalized spacial score (nSPS) is 14.3. The minimum atomic E-state index is -0.431. The number of rotatable bonds is 7. The van der Waals surface area contributed by atoms with E-state index in [-0.39, 0.29) is 5.56 Å². The molecule has 3 heterocycles. The Bertz CT molecular complexity index is 1410. The average Bonchev–Trinajstić information content (AvgIpc) is 3.30. The largest absolute Gasteiger partial charge is 0.369 e. The van der Waals surface area contributed by atoms with Crippen LogP contribution in [0.15, 0.2) is 71.8 Å². The van der Waals surface area contributed by atoms with E-state index in [0.29, 0.717) is 11.3 Å². The Kier molecular flexibility index (Phi) is 6.64. The highest BCUT2D eigenvalue weighted by Gasteiger charge is 2.17. The van der Waals surface area contributed by atoms with E-state index in [2.05, 4.69) is 27.0 Å². The maximum Gasteiger partial charge on any atom is 0.255 e. The van der Waals surface area contributed by atoms with Gasteiger partial charge in [0.05, 0.1) is 11.6 Å². The van der Waals surface area contributed by atoms with Crippen LogP contribution in [-0.2, 0) is 6.42 Å². The van der Waals surface area contributed by atoms with Gasteiger partial charge in [-0.3, -0.25) is 14.3 Å². The van der Waals surface area contributed by atoms with Gasteiger partial charge in [-0.05, 0) is 79.9 Å². The molecule has 1 aliphatic rings. The van der Waals surface area contributed by atoms with Gasteiger partial charge in [0.15, 0.2) is 0 Å². The fourth-order valence-corrected chi connectivity index (χ4v) is 4.82. The first-order chi connectivity index (χ1) is 17.1. The van der Waals surface area contributed by atoms with Gasteiger partial charge in [0.2, 0.25) is 0 Å². The van der Waals surface area contributed by atoms with E-state index in [4.69, 9.17) is 5.26 Å². The number of unbranched alkanes of at least 4 members (excludes halogenated alkanes) is 1. The summed E-state index contributed by atoms with van der Waals surface area (Å²) in [7, 11) is 0. The number of H-pyrrole nitrogens is 1. The van der Waals surface area contributed by atoms with E-state index in [1.807, 2.05) is 42.5 Å². The monoisotopic (exact) mass is 469 g/mol. The van der Waals surface area contributed by atoms with Crippen LogP contribution in [0.5, 0.6) is 0 Å². The van der Waals surface area contributed by atoms with Crippen molar-refractivity contribution in [2.75, 3.05) is 37.6 Å². The summed E-state index contributed by atoms with van der Waals surface area (Å²) in [5, 5.41) is 10.3. The fourth-order valence-electron chi connectivity index (χ4n) is 4.82. The van der Waals surface area contributed by atoms with Gasteiger partial charge in [0, 0.05) is 66.9 Å². The first kappa shape index (κ1) is 22.9. The lowest BCUT2D eigenvalue weighted by Crippen LogP contribution is -2.46. The molecule has 5 rings (SSSR count). The van der Waals surface area contributed by atoms with Crippen LogP contribution in [0.3, 0.4) is 0 Å². The number of anilines is 1. The molecular formula is C28H28FN5O. The number of pyridine rings is 1. The lowest BCUT2D eigenvalue weighted by atomic mass is 10.1. The first-order valence-corrected chi connectivity index (χ1v) is 12.1. The molecule has 1 aliphatic heterocycles. The molecule has 6 nitrogen and oxygen atoms in total. The number of hydrogen-bond acceptors (Lipinski definition) is 4. The first-order valence-electron chi connectivity index (χ1n) is 12.1. The van der Waals surface area contributed by atoms with Gasteiger partial charge in [0.1, 0.15) is 5.82 Å². The van der Waals surface area contributed by atoms with Gasteiger partial charge in [0.25, 0.3) is 5.56 Å². The van der Waals surface area contributed by atoms with E-state index >= 15 is 0 Å². The minimum absolute atomic E-state index is 0.246. The number of aromatic amines is 1. The quantitative estimate of drug-likeness (QED) is 0.406. The SMILES string of the molecule is N#Cc1ccc2[nH]cc(CCCCN3CCN(c4ccc(-n5cc(F)ccc5=O)cc4)CC3)c2c1. The maximum atomic E-state index is 13.5. The standard InChI is InChI=1S/C28H28FN5O/c29-23-5-11-28(35)34(20-23)25-8-6-24(7-9-25)33-15-13-32(14-16-33)12-2-1-3-22-19-31-27-10-4-21(18-30)17-26(22)27/h4-11,17,19-20,31H,1-3,12-16H2. The molecule has 0 radical (unpaired) electrons. The van der Waals surface area contributed by atoms with Crippen LogP contribution in [0.2, 0.25) is 0 Å². The second kappa shape index (κ2) is 10.2. The summed E-state index contributed by atoms with van der Waals surface area (Å²) >= 11 is 0. The van der Waals surface area contributed by atoms with Gasteiger partial charge in [-0.2, -0.15) is 5.26 Å². The topological polar surface area (TPSA) is 68.1 Å². The van der Waals surface area contributed by atoms with Crippen LogP contribution in [0.1, 0.15) is 24.0 Å². The smallest absolute Gasteiger partial charge is 0.255 e. The highest BCUT2D eigenvalue weighted by molar-refractivity contribution is 5.84. The highest BCUT2D eigenvalue weighted by atomic mass is 19.1. The lowest BCUT2D eigenvalue weighted by Gasteiger charge is -2.36. The Morgan fingerprint density at radius 1 is 0.943 bits per heavy atom. The molecule has 35 heavy (non-hydrogen) atoms. The van der Waals surface area contributed by atoms with E-state index in [9.17, 15) is 9.18 Å². The van der Waals surface area contributed by atoms with Crippen molar-refractivity contribution < 1.29 is 4.39 Å². The van der Waals surface area contributed by atoms with Crippen molar-refractivity contribution in [1.29, 1.82) is 5.26 Å². The third-order valence-electron chi connectivity index (χ3n) is 6.81. The Labute approximate surface area is 203 Å². The molecule has 1 saturated heterocycles. The van der Waals surface area contributed by atoms with Crippen LogP contribution in [0.4, 0.5) is 10.1 Å². The van der Waals surface area contributed by atoms with Crippen molar-refractivity contribution in [3.8, 4) is 11.8 Å². The van der Waals surface area contributed by atoms with Crippen LogP contribution in [-0.4, -0.2) is 47.2 Å². The molecule has 0 saturated carbocycles. The molecular weight excluding hydrogens is 441 g/mol. The van der Waals surface area contributed by atoms with Gasteiger partial charge in [-0.1, -0.05) is 0 Å². The summed E-state index contributed by atoms with van der Waals surface area (Å²) in [5.41, 5.74) is 4.61. The number of hydrogen-bond donors (Lipinski definition) is 1. The average molecular weight is 470 g/mol. The van der Waals surface area contributed by atoms with Crippen molar-refractivity contribution in [3.63, 3.8) is 0 Å². The predicted molar refractivity (Wildman–Crippen MR) is 137 cm³/mol. The molecule has 1 fully saturated rings. The zero-order valence-electron chi connectivity index (χ0n) is 19.6. The molecule has 0 unspecified atom stereocenters. The highest BCUT2D eigenvalue weighted by Crippen LogP contribution is 2.22. The summed E-state index contributed by atoms with van der Waals surface area (Å²) in [5.74, 6) is -0.431. The van der Waals surface area contributed by atoms with Crippen LogP contribution in [0, 0.1) is 17.1 Å². The lowest BCUT2D eigenvalue weighted by molar-refractivity contribution is 0.253. The minimum Gasteiger partial charge on any atom is -0.369 e. The molecule has 7 heteroatoms. The Balaban J connectivity index is 1.09. The van der Waals surface area contributed by atoms with Gasteiger partial charge in [-0.25, -0.2) is 4.39 Å². The number of aromatic nitrogens is 2. The molecule has 2 aromatic carbocycles. The van der Waals surface area contributed by atoms with E-state index in [0.717, 1.165) is 68.6 Å². The summed E-state index contributed by atoms with van der Waals surface area (Å²) in [6, 6.07) is 18.2. The Morgan fingerprint density at radius 3 is 2.49 bits per heavy atom. The third-order valence-corrected chi connectivity index (χ3v) is 6.81. The number of nitrogens with zero attached hydrogens (tertiary/aromatic N) is 4. The van der Waals surface area contributed by atoms with Crippen LogP contribution < -0.4 is 10.5 Å². The van der Waals surface area contributed by atoms with Crippen molar-refractivity contribution in [2.24, 2.45) is 0 Å². The second-order valence-electron chi connectivity index (χ2n) is 9.04. The number of benzene rings is 2. The molecule has 2 aromatic heterocycles. The zero-order chi connectivity index (χ0) is 24.2. The van der Waals surface area contributed by atoms with Crippen molar-refractivity contribution in [1.82, 2.24) is 14.5 Å². The van der Waals surface area contributed by atoms with Gasteiger partial charge < -0.3 is 9.88 Å². The van der Waals surface area contributed by atoms with Crippen molar-refractivity contribution >= 4 is 16.6 Å². The third kappa shape index (κ3) is 5.13. The number of aryl methyl sites for hydroxylation is 1. The number of fused-ring (bicyclic) bond motifs is 1. The van der Waals surface area contributed by atoms with Crippen LogP contribution >= 0.6 is 0 Å². The molecule has 0 amide bonds. The molecule has 0 aliphatic carbocycles. The Morgan fingerprint density at radius 2 is 1.71 bits per heavy atom. The molecule has 0 spiro atoms. The number of nitriles is 1. The summed E-state index contributed by atoms with van der Waals surface area (Å²) in [4.78, 5) is 20.2. The van der Waals surface area contributed by atoms with Crippen LogP contribution in [0.25, 0.3) is 16.6 Å². The van der Waals surface area contributed by atoms with Crippen molar-refractivity contribution in [2.45, 2.75) is 19.3 Å². The summed E-state index contributed by atoms with van der Waals surface area (Å²) in [6.07, 6.45) is 6.56. The van der Waals surface area contributed by atoms with E-state index in [1.165, 1.54) is 28.5 Å². The molecule has 4 aromatic rings. The molecule has 1 N–H and O–H groups in total. The molecule has 178 valence electrons. The maximum absolute atomic E-state index is 13.5. The fraction of sp³-hybridized carbons (Fsp3) is 0.286. The summed E-state index contributed by atoms with van der Waals surface area (Å²) in [6.45, 7) is 5.03. The summed E-state index contributed by atoms with van der Waals surface area (Å²) < 4.78 is 14.9. The molecule has 0 atom stereocenters. The van der Waals surface area contributed by atoms with Crippen molar-refractivity contribution in [3.05, 3.63) is 94.3 Å².